The molecule has 0 spiro atoms. The van der Waals surface area contributed by atoms with E-state index in [1.54, 1.807) is 13.1 Å². The number of carbonyl (C=O) groups is 1. The number of nitrogens with two attached hydrogens (primary N) is 1. The van der Waals surface area contributed by atoms with Crippen LogP contribution in [-0.2, 0) is 4.79 Å². The third kappa shape index (κ3) is 2.54. The van der Waals surface area contributed by atoms with Gasteiger partial charge in [-0.2, -0.15) is 0 Å². The van der Waals surface area contributed by atoms with Crippen molar-refractivity contribution in [1.82, 2.24) is 5.32 Å². The third-order valence-electron chi connectivity index (χ3n) is 3.66. The Morgan fingerprint density at radius 1 is 1.58 bits per heavy atom. The molecule has 1 aromatic rings. The molecule has 1 fully saturated rings. The second-order valence-corrected chi connectivity index (χ2v) is 5.99. The van der Waals surface area contributed by atoms with E-state index in [0.29, 0.717) is 28.9 Å². The van der Waals surface area contributed by atoms with Gasteiger partial charge < -0.3 is 16.0 Å². The number of amides is 1. The zero-order valence-corrected chi connectivity index (χ0v) is 12.6. The maximum absolute atomic E-state index is 13.6. The molecule has 1 amide bonds. The summed E-state index contributed by atoms with van der Waals surface area (Å²) in [6.07, 6.45) is 0.726. The monoisotopic (exact) mass is 329 g/mol. The highest BCUT2D eigenvalue weighted by atomic mass is 79.9. The van der Waals surface area contributed by atoms with Gasteiger partial charge in [-0.05, 0) is 35.3 Å². The molecule has 4 nitrogen and oxygen atoms in total. The zero-order valence-electron chi connectivity index (χ0n) is 11.0. The zero-order chi connectivity index (χ0) is 14.2. The van der Waals surface area contributed by atoms with Crippen LogP contribution in [0.25, 0.3) is 0 Å². The number of benzene rings is 1. The number of carbonyl (C=O) groups excluding carboxylic acids is 1. The lowest BCUT2D eigenvalue weighted by atomic mass is 9.89. The van der Waals surface area contributed by atoms with E-state index in [9.17, 15) is 9.18 Å². The fourth-order valence-electron chi connectivity index (χ4n) is 2.48. The molecule has 1 unspecified atom stereocenters. The van der Waals surface area contributed by atoms with E-state index >= 15 is 0 Å². The molecule has 19 heavy (non-hydrogen) atoms. The number of nitrogens with zero attached hydrogens (tertiary/aromatic N) is 1. The van der Waals surface area contributed by atoms with Crippen LogP contribution in [0.2, 0.25) is 0 Å². The minimum Gasteiger partial charge on any atom is -0.397 e. The summed E-state index contributed by atoms with van der Waals surface area (Å²) < 4.78 is 14.0. The Bertz CT molecular complexity index is 523. The van der Waals surface area contributed by atoms with E-state index in [0.717, 1.165) is 6.42 Å². The average molecular weight is 330 g/mol. The van der Waals surface area contributed by atoms with E-state index in [1.165, 1.54) is 6.07 Å². The van der Waals surface area contributed by atoms with Gasteiger partial charge in [0.15, 0.2) is 0 Å². The van der Waals surface area contributed by atoms with Gasteiger partial charge in [0.1, 0.15) is 5.82 Å². The van der Waals surface area contributed by atoms with Crippen LogP contribution in [-0.4, -0.2) is 26.0 Å². The molecule has 0 saturated carbocycles. The average Bonchev–Trinajstić information content (AvgIpc) is 2.76. The summed E-state index contributed by atoms with van der Waals surface area (Å²) in [5.74, 6) is -0.344. The fraction of sp³-hybridized carbons (Fsp3) is 0.462. The maximum Gasteiger partial charge on any atom is 0.227 e. The first-order chi connectivity index (χ1) is 8.87. The van der Waals surface area contributed by atoms with Gasteiger partial charge in [0, 0.05) is 26.2 Å². The second-order valence-electron chi connectivity index (χ2n) is 5.14. The first kappa shape index (κ1) is 14.1. The number of halogens is 2. The first-order valence-corrected chi connectivity index (χ1v) is 6.88. The number of anilines is 2. The Balaban J connectivity index is 2.26. The molecular weight excluding hydrogens is 313 g/mol. The van der Waals surface area contributed by atoms with Crippen molar-refractivity contribution in [2.75, 3.05) is 30.8 Å². The summed E-state index contributed by atoms with van der Waals surface area (Å²) >= 11 is 3.11. The van der Waals surface area contributed by atoms with Crippen molar-refractivity contribution in [2.45, 2.75) is 13.3 Å². The highest BCUT2D eigenvalue weighted by molar-refractivity contribution is 9.10. The molecule has 0 aromatic heterocycles. The van der Waals surface area contributed by atoms with Gasteiger partial charge in [-0.1, -0.05) is 0 Å². The summed E-state index contributed by atoms with van der Waals surface area (Å²) in [6.45, 7) is 3.14. The minimum absolute atomic E-state index is 0.00570. The number of nitrogen functional groups attached to an aromatic ring is 1. The van der Waals surface area contributed by atoms with Gasteiger partial charge in [0.05, 0.1) is 21.3 Å². The molecule has 1 saturated heterocycles. The van der Waals surface area contributed by atoms with Crippen LogP contribution in [0, 0.1) is 11.2 Å². The molecule has 1 aromatic carbocycles. The van der Waals surface area contributed by atoms with Crippen LogP contribution < -0.4 is 16.0 Å². The molecule has 104 valence electrons. The minimum atomic E-state index is -0.454. The van der Waals surface area contributed by atoms with Crippen LogP contribution in [0.4, 0.5) is 15.8 Å². The van der Waals surface area contributed by atoms with Gasteiger partial charge in [-0.25, -0.2) is 4.39 Å². The molecule has 3 N–H and O–H groups in total. The summed E-state index contributed by atoms with van der Waals surface area (Å²) in [7, 11) is 1.63. The lowest BCUT2D eigenvalue weighted by molar-refractivity contribution is -0.128. The summed E-state index contributed by atoms with van der Waals surface area (Å²) in [6, 6.07) is 2.97. The van der Waals surface area contributed by atoms with Gasteiger partial charge in [-0.15, -0.1) is 0 Å². The molecule has 1 aliphatic rings. The molecule has 0 aliphatic carbocycles. The number of nitrogens with one attached hydrogen (secondary N) is 1. The van der Waals surface area contributed by atoms with Crippen molar-refractivity contribution in [1.29, 1.82) is 0 Å². The van der Waals surface area contributed by atoms with Crippen LogP contribution in [0.5, 0.6) is 0 Å². The molecule has 6 heteroatoms. The molecule has 2 rings (SSSR count). The van der Waals surface area contributed by atoms with E-state index in [-0.39, 0.29) is 11.7 Å². The van der Waals surface area contributed by atoms with Crippen LogP contribution >= 0.6 is 15.9 Å². The lowest BCUT2D eigenvalue weighted by Gasteiger charge is -2.25. The molecule has 1 aliphatic heterocycles. The second kappa shape index (κ2) is 5.00. The standard InChI is InChI=1S/C13H17BrFN3O/c1-13(12(19)17-2)3-4-18(7-13)11-6-9(15)8(14)5-10(11)16/h5-6H,3-4,7,16H2,1-2H3,(H,17,19). The Labute approximate surface area is 120 Å². The Hall–Kier alpha value is -1.30. The number of rotatable bonds is 2. The predicted octanol–water partition coefficient (Wildman–Crippen LogP) is 2.13. The normalized spacial score (nSPS) is 22.6. The fourth-order valence-corrected chi connectivity index (χ4v) is 2.84. The number of hydrogen-bond acceptors (Lipinski definition) is 3. The van der Waals surface area contributed by atoms with E-state index < -0.39 is 5.41 Å². The largest absolute Gasteiger partial charge is 0.397 e. The van der Waals surface area contributed by atoms with Crippen molar-refractivity contribution in [3.05, 3.63) is 22.4 Å². The third-order valence-corrected chi connectivity index (χ3v) is 4.27. The molecule has 0 bridgehead atoms. The first-order valence-electron chi connectivity index (χ1n) is 6.09. The Morgan fingerprint density at radius 2 is 2.26 bits per heavy atom. The van der Waals surface area contributed by atoms with Crippen molar-refractivity contribution in [2.24, 2.45) is 5.41 Å². The van der Waals surface area contributed by atoms with Gasteiger partial charge in [0.25, 0.3) is 0 Å². The quantitative estimate of drug-likeness (QED) is 0.817. The van der Waals surface area contributed by atoms with E-state index in [4.69, 9.17) is 5.73 Å². The Kier molecular flexibility index (Phi) is 3.71. The smallest absolute Gasteiger partial charge is 0.227 e. The van der Waals surface area contributed by atoms with Gasteiger partial charge >= 0.3 is 0 Å². The van der Waals surface area contributed by atoms with Crippen LogP contribution in [0.1, 0.15) is 13.3 Å². The van der Waals surface area contributed by atoms with Crippen LogP contribution in [0.3, 0.4) is 0 Å². The summed E-state index contributed by atoms with van der Waals surface area (Å²) in [4.78, 5) is 13.8. The Morgan fingerprint density at radius 3 is 2.89 bits per heavy atom. The van der Waals surface area contributed by atoms with Gasteiger partial charge in [-0.3, -0.25) is 4.79 Å². The summed E-state index contributed by atoms with van der Waals surface area (Å²) in [5.41, 5.74) is 6.63. The predicted molar refractivity (Wildman–Crippen MR) is 77.5 cm³/mol. The van der Waals surface area contributed by atoms with Crippen molar-refractivity contribution >= 4 is 33.2 Å². The molecule has 0 radical (unpaired) electrons. The molecule has 1 atom stereocenters. The summed E-state index contributed by atoms with van der Waals surface area (Å²) in [5, 5.41) is 2.68. The number of hydrogen-bond donors (Lipinski definition) is 2. The SMILES string of the molecule is CNC(=O)C1(C)CCN(c2cc(F)c(Br)cc2N)C1. The van der Waals surface area contributed by atoms with Crippen molar-refractivity contribution in [3.8, 4) is 0 Å². The van der Waals surface area contributed by atoms with Crippen molar-refractivity contribution in [3.63, 3.8) is 0 Å². The van der Waals surface area contributed by atoms with Crippen LogP contribution in [0.15, 0.2) is 16.6 Å². The van der Waals surface area contributed by atoms with E-state index in [2.05, 4.69) is 21.2 Å². The lowest BCUT2D eigenvalue weighted by Crippen LogP contribution is -2.39. The highest BCUT2D eigenvalue weighted by Gasteiger charge is 2.40. The van der Waals surface area contributed by atoms with E-state index in [1.807, 2.05) is 11.8 Å². The topological polar surface area (TPSA) is 58.4 Å². The van der Waals surface area contributed by atoms with Crippen molar-refractivity contribution < 1.29 is 9.18 Å². The highest BCUT2D eigenvalue weighted by Crippen LogP contribution is 2.37. The van der Waals surface area contributed by atoms with Gasteiger partial charge in [0.2, 0.25) is 5.91 Å². The maximum atomic E-state index is 13.6. The molecule has 1 heterocycles. The molecular formula is C13H17BrFN3O.